The third-order valence-corrected chi connectivity index (χ3v) is 10.9. The van der Waals surface area contributed by atoms with E-state index < -0.39 is 45.0 Å². The van der Waals surface area contributed by atoms with Crippen LogP contribution in [0.3, 0.4) is 0 Å². The van der Waals surface area contributed by atoms with E-state index in [0.29, 0.717) is 46.7 Å². The van der Waals surface area contributed by atoms with Gasteiger partial charge in [0.2, 0.25) is 5.78 Å². The Kier molecular flexibility index (Phi) is 7.17. The van der Waals surface area contributed by atoms with Gasteiger partial charge in [0, 0.05) is 31.2 Å². The Hall–Kier alpha value is -3.69. The van der Waals surface area contributed by atoms with Crippen molar-refractivity contribution in [2.75, 3.05) is 6.54 Å². The Morgan fingerprint density at radius 1 is 1.21 bits per heavy atom. The highest BCUT2D eigenvalue weighted by atomic mass is 32.2. The van der Waals surface area contributed by atoms with E-state index in [-0.39, 0.29) is 29.4 Å². The third-order valence-electron chi connectivity index (χ3n) is 8.11. The largest absolute Gasteiger partial charge is 0.434 e. The minimum atomic E-state index is -4.72. The molecule has 3 aromatic heterocycles. The molecule has 226 valence electrons. The van der Waals surface area contributed by atoms with Gasteiger partial charge < -0.3 is 0 Å². The molecule has 2 atom stereocenters. The molecule has 0 N–H and O–H groups in total. The molecular formula is C28H26F4N6O3S2. The van der Waals surface area contributed by atoms with E-state index in [1.165, 1.54) is 33.4 Å². The number of fused-ring (bicyclic) bond motifs is 2. The van der Waals surface area contributed by atoms with Crippen LogP contribution in [-0.2, 0) is 29.7 Å². The molecule has 0 bridgehead atoms. The van der Waals surface area contributed by atoms with E-state index in [2.05, 4.69) is 15.2 Å². The number of Topliss-reactive ketones (excluding diaryl/α,β-unsaturated/α-hetero) is 1. The third kappa shape index (κ3) is 5.02. The Balaban J connectivity index is 1.44. The van der Waals surface area contributed by atoms with Crippen molar-refractivity contribution in [3.05, 3.63) is 81.5 Å². The van der Waals surface area contributed by atoms with Crippen molar-refractivity contribution in [3.8, 4) is 5.69 Å². The quantitative estimate of drug-likeness (QED) is 0.202. The van der Waals surface area contributed by atoms with Crippen LogP contribution in [0.5, 0.6) is 0 Å². The van der Waals surface area contributed by atoms with Crippen LogP contribution < -0.4 is 0 Å². The van der Waals surface area contributed by atoms with Gasteiger partial charge in [-0.15, -0.1) is 11.3 Å². The highest BCUT2D eigenvalue weighted by Crippen LogP contribution is 2.52. The zero-order chi connectivity index (χ0) is 30.7. The molecule has 15 heteroatoms. The normalized spacial score (nSPS) is 20.5. The zero-order valence-electron chi connectivity index (χ0n) is 23.0. The topological polar surface area (TPSA) is 103 Å². The van der Waals surface area contributed by atoms with Gasteiger partial charge in [-0.1, -0.05) is 12.5 Å². The second-order valence-electron chi connectivity index (χ2n) is 10.7. The summed E-state index contributed by atoms with van der Waals surface area (Å²) < 4.78 is 85.5. The fourth-order valence-corrected chi connectivity index (χ4v) is 8.59. The van der Waals surface area contributed by atoms with Crippen LogP contribution in [0.1, 0.15) is 52.9 Å². The molecule has 0 aliphatic heterocycles. The van der Waals surface area contributed by atoms with E-state index in [1.807, 2.05) is 6.08 Å². The number of hydrogen-bond donors (Lipinski definition) is 0. The number of rotatable bonds is 7. The molecule has 0 amide bonds. The van der Waals surface area contributed by atoms with E-state index in [0.717, 1.165) is 5.38 Å². The zero-order valence-corrected chi connectivity index (χ0v) is 24.7. The number of hydrogen-bond acceptors (Lipinski definition) is 7. The maximum absolute atomic E-state index is 14.3. The van der Waals surface area contributed by atoms with Gasteiger partial charge in [-0.25, -0.2) is 22.5 Å². The van der Waals surface area contributed by atoms with Gasteiger partial charge in [-0.3, -0.25) is 9.48 Å². The molecule has 43 heavy (non-hydrogen) atoms. The molecule has 2 aliphatic rings. The number of aryl methyl sites for hydroxylation is 1. The molecule has 1 aromatic carbocycles. The molecule has 0 radical (unpaired) electrons. The van der Waals surface area contributed by atoms with Gasteiger partial charge in [-0.05, 0) is 67.7 Å². The van der Waals surface area contributed by atoms with Crippen LogP contribution in [0.25, 0.3) is 11.8 Å². The lowest BCUT2D eigenvalue weighted by Crippen LogP contribution is -2.50. The fourth-order valence-electron chi connectivity index (χ4n) is 6.11. The van der Waals surface area contributed by atoms with Crippen LogP contribution in [-0.4, -0.2) is 55.6 Å². The number of carbonyl (C=O) groups is 1. The van der Waals surface area contributed by atoms with Gasteiger partial charge >= 0.3 is 6.18 Å². The molecule has 0 unspecified atom stereocenters. The SMILES string of the molecule is CCN([C@H]1CCC2=Cc3c(cnn3-c3ccc(F)cc3)C[C@]2(C(=O)c2nc(C(F)(F)F)cs2)C1)S(=O)(=O)c1ccn(C)n1. The summed E-state index contributed by atoms with van der Waals surface area (Å²) in [6.45, 7) is 1.80. The summed E-state index contributed by atoms with van der Waals surface area (Å²) in [7, 11) is -2.43. The number of aromatic nitrogens is 5. The molecule has 3 heterocycles. The highest BCUT2D eigenvalue weighted by molar-refractivity contribution is 7.89. The molecular weight excluding hydrogens is 608 g/mol. The first-order valence-electron chi connectivity index (χ1n) is 13.5. The van der Waals surface area contributed by atoms with Gasteiger partial charge in [0.05, 0.1) is 23.0 Å². The lowest BCUT2D eigenvalue weighted by atomic mass is 9.61. The van der Waals surface area contributed by atoms with Gasteiger partial charge in [-0.2, -0.15) is 27.7 Å². The van der Waals surface area contributed by atoms with Crippen molar-refractivity contribution in [2.24, 2.45) is 12.5 Å². The molecule has 0 spiro atoms. The number of ketones is 1. The molecule has 9 nitrogen and oxygen atoms in total. The summed E-state index contributed by atoms with van der Waals surface area (Å²) in [5.41, 5.74) is 0.0990. The summed E-state index contributed by atoms with van der Waals surface area (Å²) in [6, 6.07) is 6.52. The molecule has 4 aromatic rings. The van der Waals surface area contributed by atoms with Crippen LogP contribution in [0.15, 0.2) is 58.7 Å². The van der Waals surface area contributed by atoms with Crippen molar-refractivity contribution < 1.29 is 30.8 Å². The molecule has 1 saturated carbocycles. The number of benzene rings is 1. The van der Waals surface area contributed by atoms with E-state index in [1.54, 1.807) is 37.0 Å². The van der Waals surface area contributed by atoms with Crippen LogP contribution in [0.2, 0.25) is 0 Å². The number of alkyl halides is 3. The predicted molar refractivity (Wildman–Crippen MR) is 149 cm³/mol. The predicted octanol–water partition coefficient (Wildman–Crippen LogP) is 5.29. The lowest BCUT2D eigenvalue weighted by Gasteiger charge is -2.46. The summed E-state index contributed by atoms with van der Waals surface area (Å²) in [6.07, 6.45) is 1.03. The van der Waals surface area contributed by atoms with Gasteiger partial charge in [0.25, 0.3) is 10.0 Å². The smallest absolute Gasteiger partial charge is 0.290 e. The van der Waals surface area contributed by atoms with E-state index >= 15 is 0 Å². The Labute approximate surface area is 248 Å². The van der Waals surface area contributed by atoms with Crippen LogP contribution in [0.4, 0.5) is 17.6 Å². The monoisotopic (exact) mass is 634 g/mol. The van der Waals surface area contributed by atoms with E-state index in [4.69, 9.17) is 0 Å². The second kappa shape index (κ2) is 10.5. The highest BCUT2D eigenvalue weighted by Gasteiger charge is 2.52. The molecule has 0 saturated heterocycles. The molecule has 1 fully saturated rings. The van der Waals surface area contributed by atoms with Crippen molar-refractivity contribution in [1.82, 2.24) is 28.9 Å². The summed E-state index contributed by atoms with van der Waals surface area (Å²) in [4.78, 5) is 18.0. The number of nitrogens with zero attached hydrogens (tertiary/aromatic N) is 6. The molecule has 6 rings (SSSR count). The number of allylic oxidation sites excluding steroid dienone is 1. The number of sulfonamides is 1. The average Bonchev–Trinajstić information content (AvgIpc) is 3.72. The standard InChI is InChI=1S/C28H26F4N6O3S2/c1-3-37(43(40,41)24-10-11-36(2)35-24)21-7-4-18-12-22-17(15-33-38(22)20-8-5-19(29)6-9-20)13-27(18,14-21)25(39)26-34-23(16-42-26)28(30,31)32/h5-6,8-12,15-16,21H,3-4,7,13-14H2,1-2H3/t21-,27-/m0/s1. The van der Waals surface area contributed by atoms with Gasteiger partial charge in [0.15, 0.2) is 15.7 Å². The van der Waals surface area contributed by atoms with Crippen molar-refractivity contribution >= 4 is 33.2 Å². The first-order chi connectivity index (χ1) is 20.3. The Bertz CT molecular complexity index is 1840. The maximum Gasteiger partial charge on any atom is 0.434 e. The fraction of sp³-hybridized carbons (Fsp3) is 0.357. The Morgan fingerprint density at radius 3 is 2.58 bits per heavy atom. The van der Waals surface area contributed by atoms with Crippen LogP contribution >= 0.6 is 11.3 Å². The lowest BCUT2D eigenvalue weighted by molar-refractivity contribution is -0.140. The van der Waals surface area contributed by atoms with Gasteiger partial charge in [0.1, 0.15) is 5.82 Å². The Morgan fingerprint density at radius 2 is 1.95 bits per heavy atom. The number of thiazole rings is 1. The summed E-state index contributed by atoms with van der Waals surface area (Å²) >= 11 is 0.625. The van der Waals surface area contributed by atoms with Crippen molar-refractivity contribution in [2.45, 2.75) is 49.9 Å². The second-order valence-corrected chi connectivity index (χ2v) is 13.4. The number of carbonyl (C=O) groups excluding carboxylic acids is 1. The minimum absolute atomic E-state index is 0.0413. The number of halogens is 4. The maximum atomic E-state index is 14.3. The first kappa shape index (κ1) is 29.4. The van der Waals surface area contributed by atoms with Crippen LogP contribution in [0, 0.1) is 11.2 Å². The molecule has 2 aliphatic carbocycles. The van der Waals surface area contributed by atoms with Crippen molar-refractivity contribution in [1.29, 1.82) is 0 Å². The average molecular weight is 635 g/mol. The first-order valence-corrected chi connectivity index (χ1v) is 15.8. The minimum Gasteiger partial charge on any atom is -0.290 e. The summed E-state index contributed by atoms with van der Waals surface area (Å²) in [5.74, 6) is -0.996. The van der Waals surface area contributed by atoms with Crippen molar-refractivity contribution in [3.63, 3.8) is 0 Å². The summed E-state index contributed by atoms with van der Waals surface area (Å²) in [5, 5.41) is 8.95. The van der Waals surface area contributed by atoms with E-state index in [9.17, 15) is 30.8 Å².